The zero-order chi connectivity index (χ0) is 25.2. The molecular weight excluding hydrogens is 468 g/mol. The summed E-state index contributed by atoms with van der Waals surface area (Å²) in [6, 6.07) is 10.9. The first kappa shape index (κ1) is 24.3. The van der Waals surface area contributed by atoms with Crippen molar-refractivity contribution in [1.82, 2.24) is 19.7 Å². The van der Waals surface area contributed by atoms with Gasteiger partial charge in [-0.25, -0.2) is 14.5 Å². The first-order chi connectivity index (χ1) is 16.6. The van der Waals surface area contributed by atoms with E-state index in [1.54, 1.807) is 21.7 Å². The minimum absolute atomic E-state index is 0.204. The lowest BCUT2D eigenvalue weighted by Gasteiger charge is -2.30. The van der Waals surface area contributed by atoms with Gasteiger partial charge >= 0.3 is 6.09 Å². The first-order valence-corrected chi connectivity index (χ1v) is 11.5. The van der Waals surface area contributed by atoms with E-state index in [0.717, 1.165) is 16.8 Å². The third kappa shape index (κ3) is 5.63. The number of amides is 2. The van der Waals surface area contributed by atoms with Gasteiger partial charge in [-0.05, 0) is 51.0 Å². The highest BCUT2D eigenvalue weighted by molar-refractivity contribution is 6.30. The van der Waals surface area contributed by atoms with Crippen LogP contribution in [0.15, 0.2) is 54.9 Å². The summed E-state index contributed by atoms with van der Waals surface area (Å²) < 4.78 is 7.02. The van der Waals surface area contributed by atoms with Crippen molar-refractivity contribution >= 4 is 40.8 Å². The quantitative estimate of drug-likeness (QED) is 0.539. The van der Waals surface area contributed by atoms with Crippen molar-refractivity contribution in [1.29, 1.82) is 0 Å². The summed E-state index contributed by atoms with van der Waals surface area (Å²) in [7, 11) is 0. The number of halogens is 1. The highest BCUT2D eigenvalue weighted by Gasteiger charge is 2.25. The van der Waals surface area contributed by atoms with Crippen molar-refractivity contribution in [3.05, 3.63) is 71.0 Å². The predicted molar refractivity (Wildman–Crippen MR) is 136 cm³/mol. The number of hydrogen-bond acceptors (Lipinski definition) is 6. The second-order valence-electron chi connectivity index (χ2n) is 9.09. The molecule has 1 aliphatic heterocycles. The molecule has 1 aromatic carbocycles. The average Bonchev–Trinajstić information content (AvgIpc) is 3.21. The smallest absolute Gasteiger partial charge is 0.410 e. The second-order valence-corrected chi connectivity index (χ2v) is 9.53. The van der Waals surface area contributed by atoms with Gasteiger partial charge in [0, 0.05) is 24.8 Å². The summed E-state index contributed by atoms with van der Waals surface area (Å²) in [4.78, 5) is 30.9. The van der Waals surface area contributed by atoms with Gasteiger partial charge in [-0.1, -0.05) is 35.9 Å². The number of aromatic nitrogens is 3. The maximum Gasteiger partial charge on any atom is 0.410 e. The standard InChI is InChI=1S/C25H27ClN6O3/c1-25(2,3)35-24(34)31-12-10-16(11-13-31)18-6-4-5-7-20(18)32-22(27)19(15-29-32)23(33)30-21-9-8-17(26)14-28-21/h4-10,14-15H,11-13,27H2,1-3H3,(H,28,30,33). The van der Waals surface area contributed by atoms with Gasteiger partial charge in [-0.3, -0.25) is 4.79 Å². The van der Waals surface area contributed by atoms with E-state index in [9.17, 15) is 9.59 Å². The fourth-order valence-corrected chi connectivity index (χ4v) is 3.81. The molecule has 0 unspecified atom stereocenters. The van der Waals surface area contributed by atoms with Gasteiger partial charge < -0.3 is 20.7 Å². The van der Waals surface area contributed by atoms with Crippen molar-refractivity contribution in [3.63, 3.8) is 0 Å². The van der Waals surface area contributed by atoms with Gasteiger partial charge in [0.25, 0.3) is 5.91 Å². The van der Waals surface area contributed by atoms with Crippen LogP contribution in [0.25, 0.3) is 11.3 Å². The first-order valence-electron chi connectivity index (χ1n) is 11.2. The number of benzene rings is 1. The Kier molecular flexibility index (Phi) is 6.79. The van der Waals surface area contributed by atoms with E-state index >= 15 is 0 Å². The van der Waals surface area contributed by atoms with Crippen LogP contribution in [0.5, 0.6) is 0 Å². The molecule has 0 bridgehead atoms. The molecule has 35 heavy (non-hydrogen) atoms. The molecule has 0 saturated heterocycles. The van der Waals surface area contributed by atoms with Crippen molar-refractivity contribution < 1.29 is 14.3 Å². The average molecular weight is 495 g/mol. The molecule has 3 aromatic rings. The number of ether oxygens (including phenoxy) is 1. The topological polar surface area (TPSA) is 115 Å². The van der Waals surface area contributed by atoms with Crippen molar-refractivity contribution in [3.8, 4) is 5.69 Å². The summed E-state index contributed by atoms with van der Waals surface area (Å²) >= 11 is 5.85. The second kappa shape index (κ2) is 9.79. The van der Waals surface area contributed by atoms with Crippen LogP contribution in [0.1, 0.15) is 43.1 Å². The number of nitrogens with one attached hydrogen (secondary N) is 1. The van der Waals surface area contributed by atoms with Crippen LogP contribution in [-0.2, 0) is 4.74 Å². The predicted octanol–water partition coefficient (Wildman–Crippen LogP) is 4.78. The summed E-state index contributed by atoms with van der Waals surface area (Å²) in [6.45, 7) is 6.52. The fraction of sp³-hybridized carbons (Fsp3) is 0.280. The Balaban J connectivity index is 1.55. The molecule has 0 atom stereocenters. The van der Waals surface area contributed by atoms with Gasteiger partial charge in [-0.15, -0.1) is 0 Å². The summed E-state index contributed by atoms with van der Waals surface area (Å²) in [5.74, 6) is 0.135. The number of pyridine rings is 1. The molecule has 2 aromatic heterocycles. The van der Waals surface area contributed by atoms with E-state index < -0.39 is 11.5 Å². The van der Waals surface area contributed by atoms with Gasteiger partial charge in [-0.2, -0.15) is 5.10 Å². The van der Waals surface area contributed by atoms with Crippen molar-refractivity contribution in [2.75, 3.05) is 24.1 Å². The van der Waals surface area contributed by atoms with Gasteiger partial charge in [0.05, 0.1) is 16.9 Å². The Morgan fingerprint density at radius 3 is 2.57 bits per heavy atom. The number of para-hydroxylation sites is 1. The molecule has 0 spiro atoms. The van der Waals surface area contributed by atoms with Gasteiger partial charge in [0.2, 0.25) is 0 Å². The monoisotopic (exact) mass is 494 g/mol. The zero-order valence-electron chi connectivity index (χ0n) is 19.8. The van der Waals surface area contributed by atoms with Crippen molar-refractivity contribution in [2.45, 2.75) is 32.8 Å². The normalized spacial score (nSPS) is 13.8. The van der Waals surface area contributed by atoms with Crippen LogP contribution < -0.4 is 11.1 Å². The Hall–Kier alpha value is -3.85. The largest absolute Gasteiger partial charge is 0.444 e. The lowest BCUT2D eigenvalue weighted by molar-refractivity contribution is 0.0270. The Bertz CT molecular complexity index is 1280. The molecule has 9 nitrogen and oxygen atoms in total. The van der Waals surface area contributed by atoms with Crippen LogP contribution in [0.2, 0.25) is 5.02 Å². The molecule has 0 aliphatic carbocycles. The third-order valence-electron chi connectivity index (χ3n) is 5.36. The summed E-state index contributed by atoms with van der Waals surface area (Å²) in [6.07, 6.45) is 5.20. The van der Waals surface area contributed by atoms with E-state index in [0.29, 0.717) is 30.4 Å². The molecule has 0 saturated carbocycles. The molecule has 182 valence electrons. The maximum absolute atomic E-state index is 12.8. The third-order valence-corrected chi connectivity index (χ3v) is 5.58. The number of nitrogens with zero attached hydrogens (tertiary/aromatic N) is 4. The molecule has 0 fully saturated rings. The minimum atomic E-state index is -0.543. The van der Waals surface area contributed by atoms with Crippen molar-refractivity contribution in [2.24, 2.45) is 0 Å². The van der Waals surface area contributed by atoms with Crippen LogP contribution in [-0.4, -0.2) is 50.4 Å². The van der Waals surface area contributed by atoms with E-state index in [1.165, 1.54) is 12.4 Å². The Morgan fingerprint density at radius 1 is 1.14 bits per heavy atom. The summed E-state index contributed by atoms with van der Waals surface area (Å²) in [5.41, 5.74) is 8.76. The number of hydrogen-bond donors (Lipinski definition) is 2. The lowest BCUT2D eigenvalue weighted by Crippen LogP contribution is -2.39. The Labute approximate surface area is 208 Å². The molecule has 2 amide bonds. The van der Waals surface area contributed by atoms with Gasteiger partial charge in [0.1, 0.15) is 22.8 Å². The molecule has 1 aliphatic rings. The molecular formula is C25H27ClN6O3. The van der Waals surface area contributed by atoms with Crippen LogP contribution in [0, 0.1) is 0 Å². The summed E-state index contributed by atoms with van der Waals surface area (Å²) in [5, 5.41) is 7.55. The van der Waals surface area contributed by atoms with Crippen LogP contribution >= 0.6 is 11.6 Å². The SMILES string of the molecule is CC(C)(C)OC(=O)N1CC=C(c2ccccc2-n2ncc(C(=O)Nc3ccc(Cl)cn3)c2N)CC1. The van der Waals surface area contributed by atoms with Gasteiger partial charge in [0.15, 0.2) is 0 Å². The number of rotatable bonds is 4. The highest BCUT2D eigenvalue weighted by atomic mass is 35.5. The molecule has 4 rings (SSSR count). The zero-order valence-corrected chi connectivity index (χ0v) is 20.5. The van der Waals surface area contributed by atoms with E-state index in [4.69, 9.17) is 22.1 Å². The number of nitrogen functional groups attached to an aromatic ring is 1. The molecule has 3 N–H and O–H groups in total. The minimum Gasteiger partial charge on any atom is -0.444 e. The van der Waals surface area contributed by atoms with Crippen LogP contribution in [0.4, 0.5) is 16.4 Å². The number of nitrogens with two attached hydrogens (primary N) is 1. The van der Waals surface area contributed by atoms with E-state index in [1.807, 2.05) is 51.1 Å². The molecule has 10 heteroatoms. The molecule has 3 heterocycles. The molecule has 0 radical (unpaired) electrons. The van der Waals surface area contributed by atoms with E-state index in [2.05, 4.69) is 15.4 Å². The number of anilines is 2. The lowest BCUT2D eigenvalue weighted by atomic mass is 9.98. The maximum atomic E-state index is 12.8. The fourth-order valence-electron chi connectivity index (χ4n) is 3.69. The number of carbonyl (C=O) groups excluding carboxylic acids is 2. The number of carbonyl (C=O) groups is 2. The highest BCUT2D eigenvalue weighted by Crippen LogP contribution is 2.30. The Morgan fingerprint density at radius 2 is 1.91 bits per heavy atom. The van der Waals surface area contributed by atoms with E-state index in [-0.39, 0.29) is 17.5 Å². The van der Waals surface area contributed by atoms with Crippen LogP contribution in [0.3, 0.4) is 0 Å².